The minimum atomic E-state index is 0.161. The van der Waals surface area contributed by atoms with Crippen LogP contribution in [0.15, 0.2) is 24.3 Å². The lowest BCUT2D eigenvalue weighted by Gasteiger charge is -2.26. The number of hydrogen-bond donors (Lipinski definition) is 1. The highest BCUT2D eigenvalue weighted by Gasteiger charge is 2.45. The lowest BCUT2D eigenvalue weighted by Crippen LogP contribution is -2.45. The molecule has 3 fully saturated rings. The third-order valence-electron chi connectivity index (χ3n) is 7.09. The Morgan fingerprint density at radius 3 is 2.35 bits per heavy atom. The average molecular weight is 354 g/mol. The first-order valence-corrected chi connectivity index (χ1v) is 10.5. The Balaban J connectivity index is 1.24. The van der Waals surface area contributed by atoms with Crippen molar-refractivity contribution in [3.8, 4) is 0 Å². The molecule has 2 heterocycles. The van der Waals surface area contributed by atoms with Gasteiger partial charge in [-0.05, 0) is 61.5 Å². The molecule has 4 aliphatic rings. The minimum absolute atomic E-state index is 0.161. The van der Waals surface area contributed by atoms with Gasteiger partial charge in [0, 0.05) is 44.3 Å². The highest BCUT2D eigenvalue weighted by atomic mass is 16.5. The maximum atomic E-state index is 12.8. The van der Waals surface area contributed by atoms with E-state index < -0.39 is 0 Å². The molecule has 1 saturated carbocycles. The Hall–Kier alpha value is -1.39. The molecular formula is C22H30N2O2. The van der Waals surface area contributed by atoms with Crippen LogP contribution < -0.4 is 5.32 Å². The maximum Gasteiger partial charge on any atom is 0.223 e. The van der Waals surface area contributed by atoms with Crippen LogP contribution >= 0.6 is 0 Å². The standard InChI is InChI=1S/C22H30N2O2/c25-22(16-7-9-26-10-8-16)23-21-14-24(13-20(21)15-5-6-15)19-11-17-3-1-2-4-18(17)12-19/h1-4,15-16,19-21H,5-14H2,(H,23,25). The number of carbonyl (C=O) groups is 1. The third-order valence-corrected chi connectivity index (χ3v) is 7.09. The molecule has 2 saturated heterocycles. The summed E-state index contributed by atoms with van der Waals surface area (Å²) in [7, 11) is 0. The summed E-state index contributed by atoms with van der Waals surface area (Å²) in [5.74, 6) is 1.93. The summed E-state index contributed by atoms with van der Waals surface area (Å²) in [6, 6.07) is 9.87. The van der Waals surface area contributed by atoms with Crippen LogP contribution in [0.1, 0.15) is 36.8 Å². The number of hydrogen-bond acceptors (Lipinski definition) is 3. The van der Waals surface area contributed by atoms with Crippen LogP contribution in [0, 0.1) is 17.8 Å². The second-order valence-corrected chi connectivity index (χ2v) is 8.79. The highest BCUT2D eigenvalue weighted by Crippen LogP contribution is 2.43. The first-order chi connectivity index (χ1) is 12.8. The molecule has 0 aromatic heterocycles. The molecule has 1 amide bonds. The summed E-state index contributed by atoms with van der Waals surface area (Å²) >= 11 is 0. The van der Waals surface area contributed by atoms with Gasteiger partial charge in [0.25, 0.3) is 0 Å². The summed E-state index contributed by atoms with van der Waals surface area (Å²) in [5.41, 5.74) is 3.05. The molecule has 4 nitrogen and oxygen atoms in total. The van der Waals surface area contributed by atoms with Crippen molar-refractivity contribution in [2.75, 3.05) is 26.3 Å². The van der Waals surface area contributed by atoms with Gasteiger partial charge in [0.1, 0.15) is 0 Å². The molecule has 1 aromatic rings. The number of likely N-dealkylation sites (tertiary alicyclic amines) is 1. The van der Waals surface area contributed by atoms with Gasteiger partial charge in [-0.25, -0.2) is 0 Å². The van der Waals surface area contributed by atoms with Crippen molar-refractivity contribution in [3.63, 3.8) is 0 Å². The molecular weight excluding hydrogens is 324 g/mol. The molecule has 0 spiro atoms. The number of carbonyl (C=O) groups excluding carboxylic acids is 1. The fraction of sp³-hybridized carbons (Fsp3) is 0.682. The van der Waals surface area contributed by atoms with Gasteiger partial charge >= 0.3 is 0 Å². The second-order valence-electron chi connectivity index (χ2n) is 8.79. The van der Waals surface area contributed by atoms with E-state index in [1.54, 1.807) is 0 Å². The zero-order valence-corrected chi connectivity index (χ0v) is 15.5. The van der Waals surface area contributed by atoms with Gasteiger partial charge in [-0.1, -0.05) is 24.3 Å². The monoisotopic (exact) mass is 354 g/mol. The molecule has 2 unspecified atom stereocenters. The van der Waals surface area contributed by atoms with E-state index in [4.69, 9.17) is 4.74 Å². The van der Waals surface area contributed by atoms with Crippen LogP contribution in [0.5, 0.6) is 0 Å². The smallest absolute Gasteiger partial charge is 0.223 e. The normalized spacial score (nSPS) is 30.5. The summed E-state index contributed by atoms with van der Waals surface area (Å²) < 4.78 is 5.42. The van der Waals surface area contributed by atoms with Gasteiger partial charge in [-0.2, -0.15) is 0 Å². The van der Waals surface area contributed by atoms with Gasteiger partial charge in [0.15, 0.2) is 0 Å². The van der Waals surface area contributed by atoms with Crippen molar-refractivity contribution < 1.29 is 9.53 Å². The van der Waals surface area contributed by atoms with E-state index in [0.29, 0.717) is 18.0 Å². The van der Waals surface area contributed by atoms with Crippen molar-refractivity contribution in [1.82, 2.24) is 10.2 Å². The molecule has 1 aromatic carbocycles. The first-order valence-electron chi connectivity index (χ1n) is 10.5. The van der Waals surface area contributed by atoms with Gasteiger partial charge in [-0.3, -0.25) is 9.69 Å². The van der Waals surface area contributed by atoms with Crippen LogP contribution in [0.25, 0.3) is 0 Å². The van der Waals surface area contributed by atoms with Crippen molar-refractivity contribution >= 4 is 5.91 Å². The number of amides is 1. The number of ether oxygens (including phenoxy) is 1. The predicted molar refractivity (Wildman–Crippen MR) is 101 cm³/mol. The Kier molecular flexibility index (Phi) is 4.49. The zero-order chi connectivity index (χ0) is 17.5. The second kappa shape index (κ2) is 6.97. The molecule has 140 valence electrons. The number of nitrogens with one attached hydrogen (secondary N) is 1. The van der Waals surface area contributed by atoms with Crippen molar-refractivity contribution in [2.45, 2.75) is 50.6 Å². The van der Waals surface area contributed by atoms with E-state index >= 15 is 0 Å². The molecule has 2 aliphatic heterocycles. The zero-order valence-electron chi connectivity index (χ0n) is 15.5. The molecule has 2 aliphatic carbocycles. The lowest BCUT2D eigenvalue weighted by molar-refractivity contribution is -0.128. The Bertz CT molecular complexity index is 641. The maximum absolute atomic E-state index is 12.8. The van der Waals surface area contributed by atoms with Gasteiger partial charge < -0.3 is 10.1 Å². The van der Waals surface area contributed by atoms with E-state index in [-0.39, 0.29) is 11.8 Å². The number of nitrogens with zero attached hydrogens (tertiary/aromatic N) is 1. The molecule has 2 atom stereocenters. The van der Waals surface area contributed by atoms with E-state index in [2.05, 4.69) is 34.5 Å². The Morgan fingerprint density at radius 1 is 1.00 bits per heavy atom. The van der Waals surface area contributed by atoms with Gasteiger partial charge in [0.2, 0.25) is 5.91 Å². The van der Waals surface area contributed by atoms with Gasteiger partial charge in [-0.15, -0.1) is 0 Å². The number of rotatable bonds is 4. The van der Waals surface area contributed by atoms with Crippen molar-refractivity contribution in [1.29, 1.82) is 0 Å². The first kappa shape index (κ1) is 16.8. The molecule has 26 heavy (non-hydrogen) atoms. The molecule has 5 rings (SSSR count). The molecule has 1 N–H and O–H groups in total. The molecule has 0 bridgehead atoms. The van der Waals surface area contributed by atoms with Crippen LogP contribution in [0.4, 0.5) is 0 Å². The topological polar surface area (TPSA) is 41.6 Å². The van der Waals surface area contributed by atoms with E-state index in [0.717, 1.165) is 38.5 Å². The fourth-order valence-electron chi connectivity index (χ4n) is 5.37. The van der Waals surface area contributed by atoms with Crippen molar-refractivity contribution in [2.24, 2.45) is 17.8 Å². The van der Waals surface area contributed by atoms with Crippen LogP contribution in [0.2, 0.25) is 0 Å². The minimum Gasteiger partial charge on any atom is -0.381 e. The summed E-state index contributed by atoms with van der Waals surface area (Å²) in [6.45, 7) is 3.68. The molecule has 0 radical (unpaired) electrons. The quantitative estimate of drug-likeness (QED) is 0.903. The van der Waals surface area contributed by atoms with Crippen LogP contribution in [-0.2, 0) is 22.4 Å². The van der Waals surface area contributed by atoms with E-state index in [1.165, 1.54) is 43.4 Å². The summed E-state index contributed by atoms with van der Waals surface area (Å²) in [5, 5.41) is 3.46. The van der Waals surface area contributed by atoms with Crippen LogP contribution in [0.3, 0.4) is 0 Å². The largest absolute Gasteiger partial charge is 0.381 e. The summed E-state index contributed by atoms with van der Waals surface area (Å²) in [4.78, 5) is 15.4. The molecule has 4 heteroatoms. The Labute approximate surface area is 156 Å². The van der Waals surface area contributed by atoms with Gasteiger partial charge in [0.05, 0.1) is 0 Å². The Morgan fingerprint density at radius 2 is 1.69 bits per heavy atom. The van der Waals surface area contributed by atoms with E-state index in [9.17, 15) is 4.79 Å². The number of fused-ring (bicyclic) bond motifs is 1. The average Bonchev–Trinajstić information content (AvgIpc) is 3.28. The van der Waals surface area contributed by atoms with Crippen LogP contribution in [-0.4, -0.2) is 49.2 Å². The predicted octanol–water partition coefficient (Wildman–Crippen LogP) is 2.41. The lowest BCUT2D eigenvalue weighted by atomic mass is 9.95. The number of benzene rings is 1. The highest BCUT2D eigenvalue weighted by molar-refractivity contribution is 5.79. The summed E-state index contributed by atoms with van der Waals surface area (Å²) in [6.07, 6.45) is 6.82. The third kappa shape index (κ3) is 3.29. The van der Waals surface area contributed by atoms with Crippen molar-refractivity contribution in [3.05, 3.63) is 35.4 Å². The SMILES string of the molecule is O=C(NC1CN(C2Cc3ccccc3C2)CC1C1CC1)C1CCOCC1. The fourth-order valence-corrected chi connectivity index (χ4v) is 5.37. The van der Waals surface area contributed by atoms with E-state index in [1.807, 2.05) is 0 Å².